The second-order valence-corrected chi connectivity index (χ2v) is 5.08. The monoisotopic (exact) mass is 302 g/mol. The summed E-state index contributed by atoms with van der Waals surface area (Å²) in [6.07, 6.45) is 0. The summed E-state index contributed by atoms with van der Waals surface area (Å²) >= 11 is 5.19. The largest absolute Gasteiger partial charge is 0.332 e. The lowest BCUT2D eigenvalue weighted by atomic mass is 10.1. The number of carbonyl (C=O) groups excluding carboxylic acids is 1. The number of thiocarbonyl (C=S) groups is 1. The minimum absolute atomic E-state index is 0.0117. The molecule has 0 aliphatic heterocycles. The van der Waals surface area contributed by atoms with Gasteiger partial charge in [0.1, 0.15) is 5.82 Å². The summed E-state index contributed by atoms with van der Waals surface area (Å²) in [6, 6.07) is 11.5. The molecule has 0 saturated carbocycles. The van der Waals surface area contributed by atoms with Gasteiger partial charge in [-0.2, -0.15) is 0 Å². The zero-order chi connectivity index (χ0) is 15.4. The molecule has 0 aromatic heterocycles. The summed E-state index contributed by atoms with van der Waals surface area (Å²) < 4.78 is 13.2. The Labute approximate surface area is 128 Å². The quantitative estimate of drug-likeness (QED) is 0.660. The van der Waals surface area contributed by atoms with E-state index in [4.69, 9.17) is 12.2 Å². The Bertz CT molecular complexity index is 683. The number of nitrogens with one attached hydrogen (secondary N) is 2. The minimum Gasteiger partial charge on any atom is -0.332 e. The SMILES string of the molecule is CC(=O)c1ccc(NC(=S)Nc2cc(F)ccc2C)cc1. The average Bonchev–Trinajstić information content (AvgIpc) is 2.43. The van der Waals surface area contributed by atoms with Crippen LogP contribution >= 0.6 is 12.2 Å². The number of Topliss-reactive ketones (excluding diaryl/α,β-unsaturated/α-hetero) is 1. The average molecular weight is 302 g/mol. The van der Waals surface area contributed by atoms with Crippen LogP contribution in [-0.2, 0) is 0 Å². The van der Waals surface area contributed by atoms with Crippen LogP contribution in [-0.4, -0.2) is 10.9 Å². The lowest BCUT2D eigenvalue weighted by Gasteiger charge is -2.12. The van der Waals surface area contributed by atoms with Crippen molar-refractivity contribution in [1.29, 1.82) is 0 Å². The van der Waals surface area contributed by atoms with Gasteiger partial charge in [0.05, 0.1) is 0 Å². The molecule has 0 radical (unpaired) electrons. The van der Waals surface area contributed by atoms with Crippen molar-refractivity contribution in [1.82, 2.24) is 0 Å². The van der Waals surface area contributed by atoms with E-state index in [9.17, 15) is 9.18 Å². The molecule has 108 valence electrons. The van der Waals surface area contributed by atoms with Crippen molar-refractivity contribution in [2.45, 2.75) is 13.8 Å². The number of halogens is 1. The molecule has 2 rings (SSSR count). The van der Waals surface area contributed by atoms with E-state index in [0.717, 1.165) is 11.3 Å². The second kappa shape index (κ2) is 6.45. The van der Waals surface area contributed by atoms with Gasteiger partial charge in [-0.3, -0.25) is 4.79 Å². The van der Waals surface area contributed by atoms with Crippen molar-refractivity contribution in [3.8, 4) is 0 Å². The second-order valence-electron chi connectivity index (χ2n) is 4.67. The maximum absolute atomic E-state index is 13.2. The van der Waals surface area contributed by atoms with Crippen LogP contribution in [0.15, 0.2) is 42.5 Å². The normalized spacial score (nSPS) is 10.0. The highest BCUT2D eigenvalue weighted by Gasteiger charge is 2.04. The Balaban J connectivity index is 2.04. The fourth-order valence-electron chi connectivity index (χ4n) is 1.80. The predicted molar refractivity (Wildman–Crippen MR) is 87.4 cm³/mol. The number of hydrogen-bond acceptors (Lipinski definition) is 2. The predicted octanol–water partition coefficient (Wildman–Crippen LogP) is 4.15. The summed E-state index contributed by atoms with van der Waals surface area (Å²) in [5, 5.41) is 6.30. The molecule has 0 fully saturated rings. The lowest BCUT2D eigenvalue weighted by Crippen LogP contribution is -2.19. The fourth-order valence-corrected chi connectivity index (χ4v) is 2.03. The van der Waals surface area contributed by atoms with Crippen LogP contribution in [0.25, 0.3) is 0 Å². The van der Waals surface area contributed by atoms with Gasteiger partial charge < -0.3 is 10.6 Å². The molecule has 0 bridgehead atoms. The van der Waals surface area contributed by atoms with Crippen molar-refractivity contribution in [2.24, 2.45) is 0 Å². The zero-order valence-electron chi connectivity index (χ0n) is 11.7. The number of anilines is 2. The molecule has 0 unspecified atom stereocenters. The molecular weight excluding hydrogens is 287 g/mol. The Morgan fingerprint density at radius 1 is 1.10 bits per heavy atom. The van der Waals surface area contributed by atoms with E-state index in [2.05, 4.69) is 10.6 Å². The fraction of sp³-hybridized carbons (Fsp3) is 0.125. The third-order valence-electron chi connectivity index (χ3n) is 3.00. The summed E-state index contributed by atoms with van der Waals surface area (Å²) in [5.41, 5.74) is 2.91. The Kier molecular flexibility index (Phi) is 4.65. The van der Waals surface area contributed by atoms with Crippen molar-refractivity contribution in [3.63, 3.8) is 0 Å². The van der Waals surface area contributed by atoms with Crippen LogP contribution in [0.1, 0.15) is 22.8 Å². The van der Waals surface area contributed by atoms with Gasteiger partial charge in [-0.25, -0.2) is 4.39 Å². The molecule has 2 aromatic carbocycles. The molecule has 2 aromatic rings. The first-order chi connectivity index (χ1) is 9.95. The maximum Gasteiger partial charge on any atom is 0.175 e. The lowest BCUT2D eigenvalue weighted by molar-refractivity contribution is 0.101. The number of ketones is 1. The smallest absolute Gasteiger partial charge is 0.175 e. The first-order valence-corrected chi connectivity index (χ1v) is 6.81. The first kappa shape index (κ1) is 15.1. The van der Waals surface area contributed by atoms with Crippen LogP contribution in [0.3, 0.4) is 0 Å². The molecule has 0 spiro atoms. The van der Waals surface area contributed by atoms with Crippen LogP contribution in [0.2, 0.25) is 0 Å². The topological polar surface area (TPSA) is 41.1 Å². The van der Waals surface area contributed by atoms with Gasteiger partial charge >= 0.3 is 0 Å². The van der Waals surface area contributed by atoms with Gasteiger partial charge in [0.25, 0.3) is 0 Å². The molecule has 0 amide bonds. The van der Waals surface area contributed by atoms with E-state index >= 15 is 0 Å². The Hall–Kier alpha value is -2.27. The van der Waals surface area contributed by atoms with E-state index in [1.54, 1.807) is 30.3 Å². The molecule has 0 atom stereocenters. The molecule has 0 saturated heterocycles. The number of rotatable bonds is 3. The molecule has 0 heterocycles. The van der Waals surface area contributed by atoms with Crippen LogP contribution < -0.4 is 10.6 Å². The van der Waals surface area contributed by atoms with Crippen LogP contribution in [0, 0.1) is 12.7 Å². The molecule has 2 N–H and O–H groups in total. The van der Waals surface area contributed by atoms with Gasteiger partial charge in [-0.05, 0) is 68.0 Å². The van der Waals surface area contributed by atoms with Gasteiger partial charge in [-0.15, -0.1) is 0 Å². The van der Waals surface area contributed by atoms with Gasteiger partial charge in [0, 0.05) is 16.9 Å². The molecular formula is C16H15FN2OS. The summed E-state index contributed by atoms with van der Waals surface area (Å²) in [7, 11) is 0. The highest BCUT2D eigenvalue weighted by atomic mass is 32.1. The molecule has 3 nitrogen and oxygen atoms in total. The molecule has 21 heavy (non-hydrogen) atoms. The minimum atomic E-state index is -0.322. The number of aryl methyl sites for hydroxylation is 1. The molecule has 5 heteroatoms. The number of benzene rings is 2. The maximum atomic E-state index is 13.2. The Morgan fingerprint density at radius 2 is 1.76 bits per heavy atom. The van der Waals surface area contributed by atoms with E-state index in [0.29, 0.717) is 16.4 Å². The van der Waals surface area contributed by atoms with Crippen molar-refractivity contribution < 1.29 is 9.18 Å². The van der Waals surface area contributed by atoms with E-state index in [1.807, 2.05) is 6.92 Å². The third kappa shape index (κ3) is 4.10. The van der Waals surface area contributed by atoms with E-state index in [1.165, 1.54) is 19.1 Å². The third-order valence-corrected chi connectivity index (χ3v) is 3.20. The van der Waals surface area contributed by atoms with E-state index in [-0.39, 0.29) is 11.6 Å². The molecule has 0 aliphatic carbocycles. The van der Waals surface area contributed by atoms with Crippen molar-refractivity contribution in [3.05, 3.63) is 59.4 Å². The van der Waals surface area contributed by atoms with Crippen LogP contribution in [0.5, 0.6) is 0 Å². The summed E-state index contributed by atoms with van der Waals surface area (Å²) in [6.45, 7) is 3.38. The van der Waals surface area contributed by atoms with Crippen molar-refractivity contribution in [2.75, 3.05) is 10.6 Å². The number of carbonyl (C=O) groups is 1. The zero-order valence-corrected chi connectivity index (χ0v) is 12.6. The molecule has 0 aliphatic rings. The summed E-state index contributed by atoms with van der Waals surface area (Å²) in [5.74, 6) is -0.311. The van der Waals surface area contributed by atoms with E-state index < -0.39 is 0 Å². The highest BCUT2D eigenvalue weighted by molar-refractivity contribution is 7.80. The van der Waals surface area contributed by atoms with Gasteiger partial charge in [0.15, 0.2) is 10.9 Å². The standard InChI is InChI=1S/C16H15FN2OS/c1-10-3-6-13(17)9-15(10)19-16(21)18-14-7-4-12(5-8-14)11(2)20/h3-9H,1-2H3,(H2,18,19,21). The highest BCUT2D eigenvalue weighted by Crippen LogP contribution is 2.17. The first-order valence-electron chi connectivity index (χ1n) is 6.41. The van der Waals surface area contributed by atoms with Crippen LogP contribution in [0.4, 0.5) is 15.8 Å². The Morgan fingerprint density at radius 3 is 2.38 bits per heavy atom. The van der Waals surface area contributed by atoms with Crippen molar-refractivity contribution >= 4 is 34.5 Å². The number of hydrogen-bond donors (Lipinski definition) is 2. The van der Waals surface area contributed by atoms with Gasteiger partial charge in [-0.1, -0.05) is 6.07 Å². The van der Waals surface area contributed by atoms with Gasteiger partial charge in [0.2, 0.25) is 0 Å². The summed E-state index contributed by atoms with van der Waals surface area (Å²) in [4.78, 5) is 11.2.